The Hall–Kier alpha value is -1.46. The predicted octanol–water partition coefficient (Wildman–Crippen LogP) is -0.232. The van der Waals surface area contributed by atoms with Crippen molar-refractivity contribution in [2.24, 2.45) is 0 Å². The maximum Gasteiger partial charge on any atom is 0.164 e. The van der Waals surface area contributed by atoms with Gasteiger partial charge in [-0.1, -0.05) is 0 Å². The lowest BCUT2D eigenvalue weighted by molar-refractivity contribution is -0.671. The Morgan fingerprint density at radius 2 is 1.59 bits per heavy atom. The lowest BCUT2D eigenvalue weighted by Gasteiger charge is -2.13. The Kier molecular flexibility index (Phi) is 5.59. The molecule has 0 saturated heterocycles. The van der Waals surface area contributed by atoms with Crippen LogP contribution in [0.2, 0.25) is 0 Å². The molecule has 0 atom stereocenters. The number of nitrogens with two attached hydrogens (primary N) is 1. The average Bonchev–Trinajstić information content (AvgIpc) is 2.38. The van der Waals surface area contributed by atoms with Crippen LogP contribution < -0.4 is 19.5 Å². The van der Waals surface area contributed by atoms with Crippen molar-refractivity contribution < 1.29 is 24.6 Å². The normalized spacial score (nSPS) is 10.1. The van der Waals surface area contributed by atoms with Crippen molar-refractivity contribution in [1.29, 1.82) is 0 Å². The maximum absolute atomic E-state index is 8.75. The Morgan fingerprint density at radius 1 is 1.00 bits per heavy atom. The van der Waals surface area contributed by atoms with Crippen LogP contribution >= 0.6 is 0 Å². The van der Waals surface area contributed by atoms with Gasteiger partial charge in [0.2, 0.25) is 0 Å². The van der Waals surface area contributed by atoms with Gasteiger partial charge in [-0.25, -0.2) is 0 Å². The number of hydrogen-bond donors (Lipinski definition) is 2. The first kappa shape index (κ1) is 13.6. The van der Waals surface area contributed by atoms with E-state index in [1.54, 1.807) is 27.4 Å². The summed E-state index contributed by atoms with van der Waals surface area (Å²) >= 11 is 0. The first-order valence-electron chi connectivity index (χ1n) is 5.48. The highest BCUT2D eigenvalue weighted by Crippen LogP contribution is 2.34. The molecule has 1 aromatic rings. The van der Waals surface area contributed by atoms with Crippen LogP contribution in [0.25, 0.3) is 0 Å². The lowest BCUT2D eigenvalue weighted by Crippen LogP contribution is -2.83. The minimum Gasteiger partial charge on any atom is -0.496 e. The molecule has 0 aliphatic carbocycles. The number of methoxy groups -OCH3 is 3. The van der Waals surface area contributed by atoms with Gasteiger partial charge in [-0.3, -0.25) is 0 Å². The van der Waals surface area contributed by atoms with Gasteiger partial charge < -0.3 is 24.6 Å². The molecule has 0 unspecified atom stereocenters. The van der Waals surface area contributed by atoms with E-state index in [1.807, 2.05) is 11.4 Å². The van der Waals surface area contributed by atoms with Crippen LogP contribution in [-0.2, 0) is 6.54 Å². The van der Waals surface area contributed by atoms with Crippen LogP contribution in [0.4, 0.5) is 0 Å². The molecule has 5 heteroatoms. The van der Waals surface area contributed by atoms with Crippen molar-refractivity contribution in [3.8, 4) is 17.2 Å². The van der Waals surface area contributed by atoms with E-state index in [-0.39, 0.29) is 6.61 Å². The van der Waals surface area contributed by atoms with Crippen LogP contribution in [0.15, 0.2) is 12.1 Å². The third-order valence-corrected chi connectivity index (χ3v) is 2.48. The number of hydrogen-bond acceptors (Lipinski definition) is 4. The molecule has 1 aromatic carbocycles. The monoisotopic (exact) mass is 242 g/mol. The van der Waals surface area contributed by atoms with Crippen molar-refractivity contribution in [2.45, 2.75) is 6.54 Å². The summed E-state index contributed by atoms with van der Waals surface area (Å²) in [6.45, 7) is 1.55. The van der Waals surface area contributed by atoms with Gasteiger partial charge in [-0.15, -0.1) is 0 Å². The summed E-state index contributed by atoms with van der Waals surface area (Å²) in [6, 6.07) is 3.70. The second-order valence-electron chi connectivity index (χ2n) is 3.52. The van der Waals surface area contributed by atoms with Gasteiger partial charge in [0.15, 0.2) is 11.5 Å². The van der Waals surface area contributed by atoms with Crippen molar-refractivity contribution in [3.05, 3.63) is 17.7 Å². The van der Waals surface area contributed by atoms with E-state index in [2.05, 4.69) is 0 Å². The number of quaternary nitrogens is 1. The van der Waals surface area contributed by atoms with E-state index in [0.717, 1.165) is 17.9 Å². The van der Waals surface area contributed by atoms with E-state index in [0.29, 0.717) is 18.0 Å². The van der Waals surface area contributed by atoms with Crippen molar-refractivity contribution in [1.82, 2.24) is 0 Å². The molecule has 0 radical (unpaired) electrons. The number of benzene rings is 1. The highest BCUT2D eigenvalue weighted by molar-refractivity contribution is 5.50. The summed E-state index contributed by atoms with van der Waals surface area (Å²) in [5.41, 5.74) is 1.01. The van der Waals surface area contributed by atoms with E-state index in [4.69, 9.17) is 19.3 Å². The van der Waals surface area contributed by atoms with E-state index < -0.39 is 0 Å². The highest BCUT2D eigenvalue weighted by atomic mass is 16.5. The molecule has 3 N–H and O–H groups in total. The summed E-state index contributed by atoms with van der Waals surface area (Å²) < 4.78 is 15.7. The number of ether oxygens (including phenoxy) is 3. The number of aliphatic hydroxyl groups is 1. The van der Waals surface area contributed by atoms with Crippen LogP contribution in [0, 0.1) is 0 Å². The van der Waals surface area contributed by atoms with E-state index in [1.165, 1.54) is 0 Å². The molecule has 0 aromatic heterocycles. The van der Waals surface area contributed by atoms with E-state index in [9.17, 15) is 0 Å². The second kappa shape index (κ2) is 6.98. The van der Waals surface area contributed by atoms with E-state index >= 15 is 0 Å². The predicted molar refractivity (Wildman–Crippen MR) is 63.7 cm³/mol. The zero-order chi connectivity index (χ0) is 12.7. The standard InChI is InChI=1S/C12H19NO4/c1-15-10-7-12(17-3)11(16-2)6-9(10)8-13-4-5-14/h6-7,13-14H,4-5,8H2,1-3H3/p+1. The third kappa shape index (κ3) is 3.51. The molecule has 0 spiro atoms. The maximum atomic E-state index is 8.75. The third-order valence-electron chi connectivity index (χ3n) is 2.48. The summed E-state index contributed by atoms with van der Waals surface area (Å²) in [4.78, 5) is 0. The summed E-state index contributed by atoms with van der Waals surface area (Å²) in [5.74, 6) is 2.09. The lowest BCUT2D eigenvalue weighted by atomic mass is 10.1. The molecular weight excluding hydrogens is 222 g/mol. The fraction of sp³-hybridized carbons (Fsp3) is 0.500. The fourth-order valence-corrected chi connectivity index (χ4v) is 1.60. The molecule has 5 nitrogen and oxygen atoms in total. The Balaban J connectivity index is 2.93. The van der Waals surface area contributed by atoms with Gasteiger partial charge in [-0.05, 0) is 6.07 Å². The van der Waals surface area contributed by atoms with Crippen LogP contribution in [0.1, 0.15) is 5.56 Å². The first-order chi connectivity index (χ1) is 8.26. The number of aliphatic hydroxyl groups excluding tert-OH is 1. The fourth-order valence-electron chi connectivity index (χ4n) is 1.60. The molecule has 0 bridgehead atoms. The van der Waals surface area contributed by atoms with Crippen LogP contribution in [0.3, 0.4) is 0 Å². The van der Waals surface area contributed by atoms with Gasteiger partial charge in [0.1, 0.15) is 12.3 Å². The molecule has 0 amide bonds. The average molecular weight is 242 g/mol. The first-order valence-corrected chi connectivity index (χ1v) is 5.48. The minimum absolute atomic E-state index is 0.162. The van der Waals surface area contributed by atoms with Gasteiger partial charge >= 0.3 is 0 Å². The van der Waals surface area contributed by atoms with Crippen LogP contribution in [0.5, 0.6) is 17.2 Å². The SMILES string of the molecule is COc1cc(OC)c(OC)cc1C[NH2+]CCO. The Morgan fingerprint density at radius 3 is 2.12 bits per heavy atom. The molecule has 0 aliphatic rings. The molecule has 0 fully saturated rings. The largest absolute Gasteiger partial charge is 0.496 e. The molecular formula is C12H20NO4+. The number of rotatable bonds is 7. The Labute approximate surface area is 101 Å². The van der Waals surface area contributed by atoms with Gasteiger partial charge in [0.25, 0.3) is 0 Å². The summed E-state index contributed by atoms with van der Waals surface area (Å²) in [7, 11) is 4.82. The molecule has 1 rings (SSSR count). The Bertz CT molecular complexity index is 355. The van der Waals surface area contributed by atoms with Gasteiger partial charge in [-0.2, -0.15) is 0 Å². The molecule has 0 saturated carbocycles. The zero-order valence-corrected chi connectivity index (χ0v) is 10.5. The quantitative estimate of drug-likeness (QED) is 0.648. The summed E-state index contributed by atoms with van der Waals surface area (Å²) in [5, 5.41) is 10.8. The molecule has 0 heterocycles. The highest BCUT2D eigenvalue weighted by Gasteiger charge is 2.12. The van der Waals surface area contributed by atoms with Crippen LogP contribution in [-0.4, -0.2) is 39.6 Å². The summed E-state index contributed by atoms with van der Waals surface area (Å²) in [6.07, 6.45) is 0. The molecule has 0 aliphatic heterocycles. The van der Waals surface area contributed by atoms with Gasteiger partial charge in [0.05, 0.1) is 40.0 Å². The van der Waals surface area contributed by atoms with Crippen molar-refractivity contribution in [3.63, 3.8) is 0 Å². The smallest absolute Gasteiger partial charge is 0.164 e. The topological polar surface area (TPSA) is 64.5 Å². The minimum atomic E-state index is 0.162. The molecule has 96 valence electrons. The van der Waals surface area contributed by atoms with Crippen molar-refractivity contribution in [2.75, 3.05) is 34.5 Å². The van der Waals surface area contributed by atoms with Gasteiger partial charge in [0, 0.05) is 6.07 Å². The second-order valence-corrected chi connectivity index (χ2v) is 3.52. The van der Waals surface area contributed by atoms with Crippen molar-refractivity contribution >= 4 is 0 Å². The molecule has 17 heavy (non-hydrogen) atoms. The zero-order valence-electron chi connectivity index (χ0n) is 10.5.